The molecule has 0 spiro atoms. The van der Waals surface area contributed by atoms with E-state index >= 15 is 0 Å². The third kappa shape index (κ3) is 4.23. The molecule has 1 unspecified atom stereocenters. The maximum absolute atomic E-state index is 12.8. The van der Waals surface area contributed by atoms with Crippen LogP contribution in [0.15, 0.2) is 41.2 Å². The molecule has 2 amide bonds. The fraction of sp³-hybridized carbons (Fsp3) is 0.455. The zero-order chi connectivity index (χ0) is 20.2. The molecule has 0 radical (unpaired) electrons. The highest BCUT2D eigenvalue weighted by Gasteiger charge is 2.29. The van der Waals surface area contributed by atoms with E-state index in [1.165, 1.54) is 12.5 Å². The number of likely N-dealkylation sites (tertiary alicyclic amines) is 1. The van der Waals surface area contributed by atoms with Crippen molar-refractivity contribution in [3.8, 4) is 11.5 Å². The highest BCUT2D eigenvalue weighted by molar-refractivity contribution is 5.94. The second-order valence-corrected chi connectivity index (χ2v) is 7.45. The van der Waals surface area contributed by atoms with Crippen LogP contribution in [0.2, 0.25) is 0 Å². The highest BCUT2D eigenvalue weighted by atomic mass is 16.6. The van der Waals surface area contributed by atoms with E-state index in [4.69, 9.17) is 13.9 Å². The van der Waals surface area contributed by atoms with Gasteiger partial charge in [-0.05, 0) is 43.0 Å². The molecule has 1 saturated heterocycles. The van der Waals surface area contributed by atoms with Gasteiger partial charge < -0.3 is 24.1 Å². The molecule has 1 N–H and O–H groups in total. The topological polar surface area (TPSA) is 81.0 Å². The average Bonchev–Trinajstić information content (AvgIpc) is 3.31. The number of hydrogen-bond donors (Lipinski definition) is 1. The molecule has 1 atom stereocenters. The van der Waals surface area contributed by atoms with Crippen molar-refractivity contribution in [2.24, 2.45) is 5.92 Å². The summed E-state index contributed by atoms with van der Waals surface area (Å²) in [6.45, 7) is 4.29. The van der Waals surface area contributed by atoms with Crippen LogP contribution in [0.3, 0.4) is 0 Å². The van der Waals surface area contributed by atoms with E-state index in [0.29, 0.717) is 44.7 Å². The fourth-order valence-electron chi connectivity index (χ4n) is 3.90. The molecule has 2 aliphatic rings. The predicted molar refractivity (Wildman–Crippen MR) is 106 cm³/mol. The second kappa shape index (κ2) is 8.59. The van der Waals surface area contributed by atoms with Gasteiger partial charge in [0.1, 0.15) is 19.5 Å². The van der Waals surface area contributed by atoms with E-state index in [0.717, 1.165) is 23.5 Å². The van der Waals surface area contributed by atoms with Gasteiger partial charge in [0.25, 0.3) is 5.91 Å². The molecule has 29 heavy (non-hydrogen) atoms. The normalized spacial score (nSPS) is 17.6. The van der Waals surface area contributed by atoms with E-state index in [-0.39, 0.29) is 23.8 Å². The molecule has 4 rings (SSSR count). The first-order valence-corrected chi connectivity index (χ1v) is 10.2. The largest absolute Gasteiger partial charge is 0.486 e. The molecule has 1 aromatic carbocycles. The lowest BCUT2D eigenvalue weighted by molar-refractivity contribution is -0.127. The summed E-state index contributed by atoms with van der Waals surface area (Å²) >= 11 is 0. The summed E-state index contributed by atoms with van der Waals surface area (Å²) in [4.78, 5) is 27.0. The van der Waals surface area contributed by atoms with Gasteiger partial charge in [-0.3, -0.25) is 9.59 Å². The van der Waals surface area contributed by atoms with Gasteiger partial charge in [-0.25, -0.2) is 0 Å². The lowest BCUT2D eigenvalue weighted by Gasteiger charge is -2.32. The zero-order valence-corrected chi connectivity index (χ0v) is 16.6. The number of nitrogens with one attached hydrogen (secondary N) is 1. The molecule has 0 aliphatic carbocycles. The second-order valence-electron chi connectivity index (χ2n) is 7.45. The van der Waals surface area contributed by atoms with Gasteiger partial charge in [0.15, 0.2) is 11.5 Å². The molecule has 0 bridgehead atoms. The Morgan fingerprint density at radius 3 is 2.59 bits per heavy atom. The zero-order valence-electron chi connectivity index (χ0n) is 16.6. The molecular formula is C22H26N2O5. The van der Waals surface area contributed by atoms with Gasteiger partial charge in [-0.15, -0.1) is 0 Å². The first-order chi connectivity index (χ1) is 14.2. The summed E-state index contributed by atoms with van der Waals surface area (Å²) in [6.07, 6.45) is 5.06. The minimum absolute atomic E-state index is 0.0414. The van der Waals surface area contributed by atoms with Crippen molar-refractivity contribution in [1.29, 1.82) is 0 Å². The number of piperidine rings is 1. The number of furan rings is 1. The SMILES string of the molecule is CCC(NC(=O)C1CCN(C(=O)c2ccoc2)CC1)c1ccc2c(c1)OCCO2. The van der Waals surface area contributed by atoms with Gasteiger partial charge in [0.2, 0.25) is 5.91 Å². The third-order valence-corrected chi connectivity index (χ3v) is 5.61. The number of carbonyl (C=O) groups is 2. The Morgan fingerprint density at radius 1 is 1.14 bits per heavy atom. The van der Waals surface area contributed by atoms with Gasteiger partial charge in [-0.2, -0.15) is 0 Å². The fourth-order valence-corrected chi connectivity index (χ4v) is 3.90. The number of benzene rings is 1. The van der Waals surface area contributed by atoms with Gasteiger partial charge in [0, 0.05) is 19.0 Å². The van der Waals surface area contributed by atoms with Crippen LogP contribution in [0.1, 0.15) is 48.1 Å². The summed E-state index contributed by atoms with van der Waals surface area (Å²) in [5.74, 6) is 1.39. The van der Waals surface area contributed by atoms with Crippen molar-refractivity contribution < 1.29 is 23.5 Å². The number of fused-ring (bicyclic) bond motifs is 1. The molecule has 1 fully saturated rings. The number of nitrogens with zero attached hydrogens (tertiary/aromatic N) is 1. The number of carbonyl (C=O) groups excluding carboxylic acids is 2. The number of rotatable bonds is 5. The summed E-state index contributed by atoms with van der Waals surface area (Å²) in [5, 5.41) is 3.18. The molecule has 154 valence electrons. The van der Waals surface area contributed by atoms with Gasteiger partial charge in [0.05, 0.1) is 17.9 Å². The lowest BCUT2D eigenvalue weighted by atomic mass is 9.94. The Morgan fingerprint density at radius 2 is 1.90 bits per heavy atom. The molecule has 0 saturated carbocycles. The van der Waals surface area contributed by atoms with Gasteiger partial charge in [-0.1, -0.05) is 13.0 Å². The maximum Gasteiger partial charge on any atom is 0.257 e. The van der Waals surface area contributed by atoms with Crippen LogP contribution in [0.4, 0.5) is 0 Å². The van der Waals surface area contributed by atoms with Crippen LogP contribution in [-0.2, 0) is 4.79 Å². The van der Waals surface area contributed by atoms with Crippen molar-refractivity contribution in [2.45, 2.75) is 32.2 Å². The van der Waals surface area contributed by atoms with Gasteiger partial charge >= 0.3 is 0 Å². The number of ether oxygens (including phenoxy) is 2. The summed E-state index contributed by atoms with van der Waals surface area (Å²) in [6, 6.07) is 7.42. The van der Waals surface area contributed by atoms with Crippen molar-refractivity contribution >= 4 is 11.8 Å². The summed E-state index contributed by atoms with van der Waals surface area (Å²) < 4.78 is 16.2. The molecule has 2 aromatic rings. The maximum atomic E-state index is 12.8. The standard InChI is InChI=1S/C22H26N2O5/c1-2-18(16-3-4-19-20(13-16)29-12-11-28-19)23-21(25)15-5-8-24(9-6-15)22(26)17-7-10-27-14-17/h3-4,7,10,13-15,18H,2,5-6,8-9,11-12H2,1H3,(H,23,25). The lowest BCUT2D eigenvalue weighted by Crippen LogP contribution is -2.43. The predicted octanol–water partition coefficient (Wildman–Crippen LogP) is 3.17. The molecule has 7 nitrogen and oxygen atoms in total. The summed E-state index contributed by atoms with van der Waals surface area (Å²) in [7, 11) is 0. The minimum atomic E-state index is -0.0883. The average molecular weight is 398 g/mol. The first-order valence-electron chi connectivity index (χ1n) is 10.2. The van der Waals surface area contributed by atoms with Crippen LogP contribution in [0.5, 0.6) is 11.5 Å². The van der Waals surface area contributed by atoms with E-state index < -0.39 is 0 Å². The number of amides is 2. The van der Waals surface area contributed by atoms with Crippen molar-refractivity contribution in [1.82, 2.24) is 10.2 Å². The molecule has 2 aliphatic heterocycles. The Kier molecular flexibility index (Phi) is 5.74. The van der Waals surface area contributed by atoms with Crippen LogP contribution in [-0.4, -0.2) is 43.0 Å². The third-order valence-electron chi connectivity index (χ3n) is 5.61. The smallest absolute Gasteiger partial charge is 0.257 e. The van der Waals surface area contributed by atoms with E-state index in [2.05, 4.69) is 5.32 Å². The van der Waals surface area contributed by atoms with Crippen LogP contribution in [0, 0.1) is 5.92 Å². The monoisotopic (exact) mass is 398 g/mol. The minimum Gasteiger partial charge on any atom is -0.486 e. The van der Waals surface area contributed by atoms with Crippen LogP contribution < -0.4 is 14.8 Å². The first kappa shape index (κ1) is 19.4. The summed E-state index contributed by atoms with van der Waals surface area (Å²) in [5.41, 5.74) is 1.57. The molecule has 3 heterocycles. The molecule has 7 heteroatoms. The highest BCUT2D eigenvalue weighted by Crippen LogP contribution is 2.33. The Labute approximate surface area is 170 Å². The van der Waals surface area contributed by atoms with E-state index in [9.17, 15) is 9.59 Å². The van der Waals surface area contributed by atoms with Crippen molar-refractivity contribution in [2.75, 3.05) is 26.3 Å². The van der Waals surface area contributed by atoms with Crippen molar-refractivity contribution in [3.63, 3.8) is 0 Å². The van der Waals surface area contributed by atoms with Crippen LogP contribution >= 0.6 is 0 Å². The van der Waals surface area contributed by atoms with E-state index in [1.54, 1.807) is 11.0 Å². The quantitative estimate of drug-likeness (QED) is 0.837. The molecular weight excluding hydrogens is 372 g/mol. The van der Waals surface area contributed by atoms with Crippen LogP contribution in [0.25, 0.3) is 0 Å². The Balaban J connectivity index is 1.34. The van der Waals surface area contributed by atoms with E-state index in [1.807, 2.05) is 25.1 Å². The molecule has 1 aromatic heterocycles. The Hall–Kier alpha value is -2.96. The number of hydrogen-bond acceptors (Lipinski definition) is 5. The Bertz CT molecular complexity index is 856. The van der Waals surface area contributed by atoms with Crippen molar-refractivity contribution in [3.05, 3.63) is 47.9 Å².